The number of hydrogen-bond donors (Lipinski definition) is 2. The highest BCUT2D eigenvalue weighted by Crippen LogP contribution is 2.10. The molecule has 0 radical (unpaired) electrons. The number of rotatable bonds is 0. The monoisotopic (exact) mass is 162 g/mol. The number of fused-ring (bicyclic) bond motifs is 1. The lowest BCUT2D eigenvalue weighted by atomic mass is 10.1. The first kappa shape index (κ1) is 7.31. The third kappa shape index (κ3) is 1.31. The van der Waals surface area contributed by atoms with Gasteiger partial charge in [0.1, 0.15) is 0 Å². The van der Waals surface area contributed by atoms with Gasteiger partial charge in [-0.1, -0.05) is 24.3 Å². The van der Waals surface area contributed by atoms with E-state index in [1.165, 1.54) is 5.56 Å². The smallest absolute Gasteiger partial charge is 0.238 e. The molecular weight excluding hydrogens is 152 g/mol. The van der Waals surface area contributed by atoms with Crippen molar-refractivity contribution in [2.75, 3.05) is 0 Å². The second-order valence-electron chi connectivity index (χ2n) is 2.85. The largest absolute Gasteiger partial charge is 0.291 e. The zero-order valence-corrected chi connectivity index (χ0v) is 6.63. The van der Waals surface area contributed by atoms with Crippen LogP contribution in [0.3, 0.4) is 0 Å². The van der Waals surface area contributed by atoms with E-state index in [0.29, 0.717) is 13.0 Å². The second kappa shape index (κ2) is 2.95. The van der Waals surface area contributed by atoms with E-state index in [2.05, 4.69) is 10.9 Å². The van der Waals surface area contributed by atoms with Gasteiger partial charge in [0, 0.05) is 6.54 Å². The molecule has 1 aliphatic heterocycles. The summed E-state index contributed by atoms with van der Waals surface area (Å²) >= 11 is 0. The fourth-order valence-corrected chi connectivity index (χ4v) is 1.36. The van der Waals surface area contributed by atoms with Crippen molar-refractivity contribution in [1.82, 2.24) is 10.9 Å². The van der Waals surface area contributed by atoms with Gasteiger partial charge >= 0.3 is 0 Å². The lowest BCUT2D eigenvalue weighted by Crippen LogP contribution is -2.35. The summed E-state index contributed by atoms with van der Waals surface area (Å²) in [6.45, 7) is 0.710. The predicted molar refractivity (Wildman–Crippen MR) is 45.1 cm³/mol. The normalized spacial score (nSPS) is 16.2. The van der Waals surface area contributed by atoms with Crippen molar-refractivity contribution in [3.8, 4) is 0 Å². The summed E-state index contributed by atoms with van der Waals surface area (Å²) in [5.41, 5.74) is 7.76. The van der Waals surface area contributed by atoms with Crippen LogP contribution in [0.1, 0.15) is 11.1 Å². The van der Waals surface area contributed by atoms with Crippen molar-refractivity contribution in [2.45, 2.75) is 13.0 Å². The fraction of sp³-hybridized carbons (Fsp3) is 0.222. The molecule has 1 aliphatic rings. The maximum Gasteiger partial charge on any atom is 0.238 e. The lowest BCUT2D eigenvalue weighted by Gasteiger charge is -2.01. The predicted octanol–water partition coefficient (Wildman–Crippen LogP) is 0.364. The molecular formula is C9H10N2O. The van der Waals surface area contributed by atoms with Crippen LogP contribution in [0, 0.1) is 0 Å². The molecule has 0 unspecified atom stereocenters. The van der Waals surface area contributed by atoms with Gasteiger partial charge in [-0.3, -0.25) is 10.2 Å². The van der Waals surface area contributed by atoms with Crippen LogP contribution in [0.5, 0.6) is 0 Å². The molecule has 1 amide bonds. The Labute approximate surface area is 70.8 Å². The SMILES string of the molecule is O=C1Cc2ccccc2CNN1. The molecule has 2 rings (SSSR count). The van der Waals surface area contributed by atoms with Gasteiger partial charge in [0.25, 0.3) is 0 Å². The van der Waals surface area contributed by atoms with Crippen molar-refractivity contribution >= 4 is 5.91 Å². The molecule has 0 aliphatic carbocycles. The van der Waals surface area contributed by atoms with Gasteiger partial charge in [0.2, 0.25) is 5.91 Å². The van der Waals surface area contributed by atoms with Crippen molar-refractivity contribution < 1.29 is 4.79 Å². The average Bonchev–Trinajstić information content (AvgIpc) is 2.25. The topological polar surface area (TPSA) is 41.1 Å². The molecule has 0 saturated heterocycles. The molecule has 0 atom stereocenters. The van der Waals surface area contributed by atoms with Gasteiger partial charge in [-0.2, -0.15) is 0 Å². The highest BCUT2D eigenvalue weighted by Gasteiger charge is 2.10. The van der Waals surface area contributed by atoms with Crippen molar-refractivity contribution in [3.05, 3.63) is 35.4 Å². The zero-order valence-electron chi connectivity index (χ0n) is 6.63. The highest BCUT2D eigenvalue weighted by atomic mass is 16.2. The van der Waals surface area contributed by atoms with Gasteiger partial charge in [-0.15, -0.1) is 0 Å². The summed E-state index contributed by atoms with van der Waals surface area (Å²) in [5.74, 6) is 0.0277. The third-order valence-corrected chi connectivity index (χ3v) is 1.98. The van der Waals surface area contributed by atoms with Crippen LogP contribution in [0.4, 0.5) is 0 Å². The molecule has 62 valence electrons. The molecule has 2 N–H and O–H groups in total. The summed E-state index contributed by atoms with van der Waals surface area (Å²) in [7, 11) is 0. The number of carbonyl (C=O) groups is 1. The molecule has 3 heteroatoms. The molecule has 1 aromatic rings. The third-order valence-electron chi connectivity index (χ3n) is 1.98. The number of amides is 1. The first-order valence-electron chi connectivity index (χ1n) is 3.95. The van der Waals surface area contributed by atoms with E-state index in [4.69, 9.17) is 0 Å². The van der Waals surface area contributed by atoms with E-state index in [-0.39, 0.29) is 5.91 Å². The molecule has 0 saturated carbocycles. The summed E-state index contributed by atoms with van der Waals surface area (Å²) in [6, 6.07) is 7.96. The standard InChI is InChI=1S/C9H10N2O/c12-9-5-7-3-1-2-4-8(7)6-10-11-9/h1-4,10H,5-6H2,(H,11,12). The van der Waals surface area contributed by atoms with Gasteiger partial charge in [-0.05, 0) is 11.1 Å². The minimum Gasteiger partial charge on any atom is -0.291 e. The molecule has 0 aromatic heterocycles. The molecule has 0 fully saturated rings. The molecule has 1 aromatic carbocycles. The van der Waals surface area contributed by atoms with Crippen LogP contribution in [-0.4, -0.2) is 5.91 Å². The zero-order chi connectivity index (χ0) is 8.39. The van der Waals surface area contributed by atoms with E-state index in [9.17, 15) is 4.79 Å². The maximum absolute atomic E-state index is 11.1. The Bertz CT molecular complexity index is 309. The van der Waals surface area contributed by atoms with Gasteiger partial charge in [0.05, 0.1) is 6.42 Å². The van der Waals surface area contributed by atoms with E-state index >= 15 is 0 Å². The second-order valence-corrected chi connectivity index (χ2v) is 2.85. The van der Waals surface area contributed by atoms with Crippen molar-refractivity contribution in [1.29, 1.82) is 0 Å². The van der Waals surface area contributed by atoms with Gasteiger partial charge in [-0.25, -0.2) is 5.43 Å². The highest BCUT2D eigenvalue weighted by molar-refractivity contribution is 5.78. The quantitative estimate of drug-likeness (QED) is 0.578. The summed E-state index contributed by atoms with van der Waals surface area (Å²) in [4.78, 5) is 11.1. The fourth-order valence-electron chi connectivity index (χ4n) is 1.36. The van der Waals surface area contributed by atoms with Gasteiger partial charge < -0.3 is 0 Å². The number of nitrogens with one attached hydrogen (secondary N) is 2. The Hall–Kier alpha value is -1.35. The summed E-state index contributed by atoms with van der Waals surface area (Å²) in [6.07, 6.45) is 0.475. The van der Waals surface area contributed by atoms with Crippen molar-refractivity contribution in [2.24, 2.45) is 0 Å². The molecule has 1 heterocycles. The molecule has 0 bridgehead atoms. The maximum atomic E-state index is 11.1. The summed E-state index contributed by atoms with van der Waals surface area (Å²) < 4.78 is 0. The van der Waals surface area contributed by atoms with Crippen LogP contribution >= 0.6 is 0 Å². The number of hydrogen-bond acceptors (Lipinski definition) is 2. The number of hydrazine groups is 1. The molecule has 12 heavy (non-hydrogen) atoms. The van der Waals surface area contributed by atoms with E-state index in [1.807, 2.05) is 24.3 Å². The molecule has 3 nitrogen and oxygen atoms in total. The Morgan fingerprint density at radius 3 is 2.75 bits per heavy atom. The summed E-state index contributed by atoms with van der Waals surface area (Å²) in [5, 5.41) is 0. The minimum absolute atomic E-state index is 0.0277. The van der Waals surface area contributed by atoms with Crippen LogP contribution < -0.4 is 10.9 Å². The lowest BCUT2D eigenvalue weighted by molar-refractivity contribution is -0.121. The Morgan fingerprint density at radius 1 is 1.17 bits per heavy atom. The van der Waals surface area contributed by atoms with E-state index < -0.39 is 0 Å². The van der Waals surface area contributed by atoms with Crippen molar-refractivity contribution in [3.63, 3.8) is 0 Å². The van der Waals surface area contributed by atoms with E-state index in [1.54, 1.807) is 0 Å². The Kier molecular flexibility index (Phi) is 1.80. The van der Waals surface area contributed by atoms with Crippen LogP contribution in [-0.2, 0) is 17.8 Å². The van der Waals surface area contributed by atoms with Gasteiger partial charge in [0.15, 0.2) is 0 Å². The average molecular weight is 162 g/mol. The number of carbonyl (C=O) groups excluding carboxylic acids is 1. The molecule has 0 spiro atoms. The Balaban J connectivity index is 2.37. The van der Waals surface area contributed by atoms with Crippen LogP contribution in [0.2, 0.25) is 0 Å². The van der Waals surface area contributed by atoms with E-state index in [0.717, 1.165) is 5.56 Å². The first-order chi connectivity index (χ1) is 5.86. The Morgan fingerprint density at radius 2 is 1.92 bits per heavy atom. The first-order valence-corrected chi connectivity index (χ1v) is 3.95. The van der Waals surface area contributed by atoms with Crippen LogP contribution in [0.15, 0.2) is 24.3 Å². The minimum atomic E-state index is 0.0277. The number of benzene rings is 1. The van der Waals surface area contributed by atoms with Crippen LogP contribution in [0.25, 0.3) is 0 Å².